The Labute approximate surface area is 213 Å². The maximum absolute atomic E-state index is 15.3. The molecule has 7 nitrogen and oxygen atoms in total. The van der Waals surface area contributed by atoms with Crippen LogP contribution in [0.4, 0.5) is 11.4 Å². The molecule has 37 heavy (non-hydrogen) atoms. The number of nitro groups is 1. The molecule has 8 heteroatoms. The minimum absolute atomic E-state index is 0.0918. The average Bonchev–Trinajstić information content (AvgIpc) is 3.26. The number of cyclic esters (lactones) is 1. The van der Waals surface area contributed by atoms with Crippen LogP contribution in [0.3, 0.4) is 0 Å². The number of anilines is 1. The minimum atomic E-state index is -3.63. The highest BCUT2D eigenvalue weighted by Crippen LogP contribution is 2.60. The van der Waals surface area contributed by atoms with Crippen molar-refractivity contribution < 1.29 is 19.0 Å². The molecule has 0 bridgehead atoms. The number of hydrogen-bond acceptors (Lipinski definition) is 6. The fourth-order valence-electron chi connectivity index (χ4n) is 4.38. The van der Waals surface area contributed by atoms with E-state index >= 15 is 4.57 Å². The number of benzene rings is 4. The number of rotatable bonds is 7. The molecule has 0 spiro atoms. The lowest BCUT2D eigenvalue weighted by atomic mass is 10.1. The fraction of sp³-hybridized carbons (Fsp3) is 0.0690. The maximum atomic E-state index is 15.3. The van der Waals surface area contributed by atoms with Crippen LogP contribution in [0.2, 0.25) is 0 Å². The molecule has 0 fully saturated rings. The van der Waals surface area contributed by atoms with E-state index in [1.165, 1.54) is 24.3 Å². The van der Waals surface area contributed by atoms with Gasteiger partial charge in [-0.05, 0) is 36.8 Å². The van der Waals surface area contributed by atoms with Crippen molar-refractivity contribution in [2.75, 3.05) is 5.32 Å². The van der Waals surface area contributed by atoms with Crippen molar-refractivity contribution in [3.63, 3.8) is 0 Å². The normalized spacial score (nSPS) is 15.4. The Bertz CT molecular complexity index is 1490. The highest BCUT2D eigenvalue weighted by molar-refractivity contribution is 7.82. The number of hydrogen-bond donors (Lipinski definition) is 1. The van der Waals surface area contributed by atoms with E-state index in [1.807, 2.05) is 43.3 Å². The molecule has 4 aromatic carbocycles. The molecule has 1 heterocycles. The Morgan fingerprint density at radius 1 is 0.811 bits per heavy atom. The molecule has 184 valence electrons. The number of carbonyl (C=O) groups excluding carboxylic acids is 1. The Balaban J connectivity index is 1.76. The molecule has 1 N–H and O–H groups in total. The van der Waals surface area contributed by atoms with Gasteiger partial charge < -0.3 is 14.6 Å². The molecule has 0 amide bonds. The Morgan fingerprint density at radius 2 is 1.35 bits per heavy atom. The van der Waals surface area contributed by atoms with Gasteiger partial charge in [0.1, 0.15) is 5.70 Å². The summed E-state index contributed by atoms with van der Waals surface area (Å²) in [5, 5.41) is 15.8. The van der Waals surface area contributed by atoms with Crippen molar-refractivity contribution >= 4 is 35.1 Å². The van der Waals surface area contributed by atoms with Crippen molar-refractivity contribution in [3.05, 3.63) is 141 Å². The van der Waals surface area contributed by atoms with Crippen LogP contribution in [0.1, 0.15) is 17.2 Å². The van der Waals surface area contributed by atoms with E-state index in [1.54, 1.807) is 48.5 Å². The van der Waals surface area contributed by atoms with Crippen LogP contribution in [-0.4, -0.2) is 10.9 Å². The van der Waals surface area contributed by atoms with E-state index in [4.69, 9.17) is 4.74 Å². The molecule has 1 unspecified atom stereocenters. The predicted octanol–water partition coefficient (Wildman–Crippen LogP) is 5.84. The molecule has 1 atom stereocenters. The number of nitro benzene ring substituents is 1. The summed E-state index contributed by atoms with van der Waals surface area (Å²) in [6, 6.07) is 31.2. The molecule has 0 radical (unpaired) electrons. The highest BCUT2D eigenvalue weighted by atomic mass is 31.2. The summed E-state index contributed by atoms with van der Waals surface area (Å²) in [5.41, 5.74) is 2.19. The third kappa shape index (κ3) is 4.57. The van der Waals surface area contributed by atoms with Crippen molar-refractivity contribution in [2.24, 2.45) is 0 Å². The first-order valence-electron chi connectivity index (χ1n) is 11.6. The van der Waals surface area contributed by atoms with Gasteiger partial charge in [-0.2, -0.15) is 0 Å². The van der Waals surface area contributed by atoms with Crippen LogP contribution in [-0.2, 0) is 14.1 Å². The zero-order chi connectivity index (χ0) is 26.0. The van der Waals surface area contributed by atoms with Gasteiger partial charge in [0.2, 0.25) is 0 Å². The second-order valence-corrected chi connectivity index (χ2v) is 11.4. The fourth-order valence-corrected chi connectivity index (χ4v) is 7.41. The molecular formula is C29H23N2O5P. The van der Waals surface area contributed by atoms with Crippen LogP contribution < -0.4 is 15.9 Å². The van der Waals surface area contributed by atoms with Crippen LogP contribution >= 0.6 is 7.14 Å². The van der Waals surface area contributed by atoms with Gasteiger partial charge >= 0.3 is 5.97 Å². The number of carbonyl (C=O) groups is 1. The molecule has 1 aliphatic rings. The number of aryl methyl sites for hydroxylation is 1. The standard InChI is InChI=1S/C29H23N2O5P/c1-20-12-16-22(17-13-20)30-26-28(27(36-29(26)32)21-14-18-23(19-15-21)31(33)34)37(35,24-8-4-2-5-9-24)25-10-6-3-7-11-25/h2-19,27,30H,1H3. The number of nitrogens with one attached hydrogen (secondary N) is 1. The quantitative estimate of drug-likeness (QED) is 0.145. The largest absolute Gasteiger partial charge is 0.448 e. The second-order valence-electron chi connectivity index (χ2n) is 8.67. The average molecular weight is 510 g/mol. The summed E-state index contributed by atoms with van der Waals surface area (Å²) in [6.45, 7) is 1.96. The lowest BCUT2D eigenvalue weighted by Crippen LogP contribution is -2.21. The molecule has 5 rings (SSSR count). The minimum Gasteiger partial charge on any atom is -0.448 e. The SMILES string of the molecule is Cc1ccc(NC2=C(P(=O)(c3ccccc3)c3ccccc3)C(c3ccc([N+](=O)[O-])cc3)OC2=O)cc1. The number of non-ortho nitro benzene ring substituents is 1. The van der Waals surface area contributed by atoms with Gasteiger partial charge in [-0.25, -0.2) is 4.79 Å². The third-order valence-corrected chi connectivity index (χ3v) is 9.43. The number of ether oxygens (including phenoxy) is 1. The molecule has 0 aromatic heterocycles. The molecule has 4 aromatic rings. The van der Waals surface area contributed by atoms with Crippen LogP contribution in [0.25, 0.3) is 0 Å². The Kier molecular flexibility index (Phi) is 6.47. The lowest BCUT2D eigenvalue weighted by molar-refractivity contribution is -0.384. The van der Waals surface area contributed by atoms with Crippen molar-refractivity contribution in [1.29, 1.82) is 0 Å². The van der Waals surface area contributed by atoms with Gasteiger partial charge in [0.05, 0.1) is 10.2 Å². The van der Waals surface area contributed by atoms with E-state index in [0.29, 0.717) is 27.2 Å². The smallest absolute Gasteiger partial charge is 0.356 e. The number of nitrogens with zero attached hydrogens (tertiary/aromatic N) is 1. The van der Waals surface area contributed by atoms with Crippen molar-refractivity contribution in [3.8, 4) is 0 Å². The van der Waals surface area contributed by atoms with Gasteiger partial charge in [-0.3, -0.25) is 10.1 Å². The maximum Gasteiger partial charge on any atom is 0.356 e. The first-order chi connectivity index (χ1) is 17.9. The summed E-state index contributed by atoms with van der Waals surface area (Å²) in [5.74, 6) is -0.647. The van der Waals surface area contributed by atoms with E-state index in [9.17, 15) is 14.9 Å². The van der Waals surface area contributed by atoms with Gasteiger partial charge in [0.15, 0.2) is 13.2 Å². The molecular weight excluding hydrogens is 487 g/mol. The topological polar surface area (TPSA) is 98.5 Å². The van der Waals surface area contributed by atoms with E-state index in [2.05, 4.69) is 5.32 Å². The first kappa shape index (κ1) is 24.2. The van der Waals surface area contributed by atoms with Crippen LogP contribution in [0.15, 0.2) is 120 Å². The zero-order valence-corrected chi connectivity index (χ0v) is 20.8. The summed E-state index contributed by atoms with van der Waals surface area (Å²) in [7, 11) is -3.63. The Hall–Kier alpha value is -4.48. The Morgan fingerprint density at radius 3 is 1.86 bits per heavy atom. The summed E-state index contributed by atoms with van der Waals surface area (Å²) in [6.07, 6.45) is -1.01. The van der Waals surface area contributed by atoms with Gasteiger partial charge in [-0.15, -0.1) is 0 Å². The molecule has 0 aliphatic carbocycles. The van der Waals surface area contributed by atoms with Crippen molar-refractivity contribution in [2.45, 2.75) is 13.0 Å². The molecule has 0 saturated carbocycles. The summed E-state index contributed by atoms with van der Waals surface area (Å²) in [4.78, 5) is 24.1. The van der Waals surface area contributed by atoms with Crippen LogP contribution in [0, 0.1) is 17.0 Å². The first-order valence-corrected chi connectivity index (χ1v) is 13.3. The van der Waals surface area contributed by atoms with E-state index in [-0.39, 0.29) is 11.4 Å². The summed E-state index contributed by atoms with van der Waals surface area (Å²) < 4.78 is 21.2. The highest BCUT2D eigenvalue weighted by Gasteiger charge is 2.47. The molecule has 1 aliphatic heterocycles. The van der Waals surface area contributed by atoms with Crippen molar-refractivity contribution in [1.82, 2.24) is 0 Å². The lowest BCUT2D eigenvalue weighted by Gasteiger charge is -2.25. The van der Waals surface area contributed by atoms with E-state index < -0.39 is 24.1 Å². The van der Waals surface area contributed by atoms with Gasteiger partial charge in [0, 0.05) is 28.4 Å². The second kappa shape index (κ2) is 9.88. The molecule has 0 saturated heterocycles. The predicted molar refractivity (Wildman–Crippen MR) is 144 cm³/mol. The summed E-state index contributed by atoms with van der Waals surface area (Å²) >= 11 is 0. The monoisotopic (exact) mass is 510 g/mol. The van der Waals surface area contributed by atoms with Crippen LogP contribution in [0.5, 0.6) is 0 Å². The van der Waals surface area contributed by atoms with Gasteiger partial charge in [0.25, 0.3) is 5.69 Å². The van der Waals surface area contributed by atoms with Gasteiger partial charge in [-0.1, -0.05) is 78.4 Å². The third-order valence-electron chi connectivity index (χ3n) is 6.24. The number of esters is 1. The van der Waals surface area contributed by atoms with E-state index in [0.717, 1.165) is 5.56 Å². The zero-order valence-electron chi connectivity index (χ0n) is 19.9.